The van der Waals surface area contributed by atoms with Crippen LogP contribution >= 0.6 is 46.4 Å². The van der Waals surface area contributed by atoms with E-state index in [1.807, 2.05) is 0 Å². The van der Waals surface area contributed by atoms with Crippen LogP contribution < -0.4 is 5.73 Å². The molecular formula is C13H13Cl4N3O3. The van der Waals surface area contributed by atoms with Gasteiger partial charge in [-0.3, -0.25) is 4.57 Å². The van der Waals surface area contributed by atoms with Crippen LogP contribution in [0, 0.1) is 0 Å². The summed E-state index contributed by atoms with van der Waals surface area (Å²) in [6, 6.07) is 4.98. The van der Waals surface area contributed by atoms with Gasteiger partial charge in [-0.1, -0.05) is 46.4 Å². The molecular weight excluding hydrogens is 388 g/mol. The van der Waals surface area contributed by atoms with Gasteiger partial charge >= 0.3 is 5.97 Å². The zero-order valence-corrected chi connectivity index (χ0v) is 14.9. The monoisotopic (exact) mass is 399 g/mol. The summed E-state index contributed by atoms with van der Waals surface area (Å²) in [5.41, 5.74) is 6.01. The Hall–Kier alpha value is -1.18. The molecule has 2 rings (SSSR count). The zero-order valence-electron chi connectivity index (χ0n) is 11.9. The molecule has 0 unspecified atom stereocenters. The van der Waals surface area contributed by atoms with Crippen molar-refractivity contribution in [1.29, 1.82) is 0 Å². The van der Waals surface area contributed by atoms with Gasteiger partial charge in [0.2, 0.25) is 5.82 Å². The zero-order chi connectivity index (χ0) is 17.6. The first kappa shape index (κ1) is 19.9. The number of rotatable bonds is 4. The number of carbonyl (C=O) groups is 1. The lowest BCUT2D eigenvalue weighted by molar-refractivity contribution is 0.0615. The first-order valence-corrected chi connectivity index (χ1v) is 7.72. The molecule has 3 N–H and O–H groups in total. The Morgan fingerprint density at radius 2 is 1.96 bits per heavy atom. The van der Waals surface area contributed by atoms with Crippen molar-refractivity contribution in [3.05, 3.63) is 44.4 Å². The van der Waals surface area contributed by atoms with Gasteiger partial charge in [0, 0.05) is 12.3 Å². The van der Waals surface area contributed by atoms with Crippen molar-refractivity contribution in [1.82, 2.24) is 9.55 Å². The number of aromatic carboxylic acids is 1. The molecule has 0 amide bonds. The smallest absolute Gasteiger partial charge is 0.372 e. The van der Waals surface area contributed by atoms with Crippen molar-refractivity contribution in [3.63, 3.8) is 0 Å². The van der Waals surface area contributed by atoms with E-state index in [2.05, 4.69) is 4.98 Å². The first-order valence-electron chi connectivity index (χ1n) is 6.21. The number of nitrogens with zero attached hydrogens (tertiary/aromatic N) is 2. The predicted octanol–water partition coefficient (Wildman–Crippen LogP) is 4.46. The van der Waals surface area contributed by atoms with Gasteiger partial charge in [-0.2, -0.15) is 0 Å². The molecule has 1 aromatic carbocycles. The molecule has 0 bridgehead atoms. The van der Waals surface area contributed by atoms with Crippen LogP contribution in [0.3, 0.4) is 0 Å². The van der Waals surface area contributed by atoms with Crippen molar-refractivity contribution in [3.8, 4) is 0 Å². The molecule has 10 heteroatoms. The van der Waals surface area contributed by atoms with Gasteiger partial charge in [0.1, 0.15) is 11.9 Å². The first-order chi connectivity index (χ1) is 10.8. The topological polar surface area (TPSA) is 90.4 Å². The molecule has 0 spiro atoms. The van der Waals surface area contributed by atoms with Crippen LogP contribution in [-0.2, 0) is 11.5 Å². The second-order valence-electron chi connectivity index (χ2n) is 4.05. The molecule has 0 saturated heterocycles. The van der Waals surface area contributed by atoms with E-state index in [1.54, 1.807) is 25.1 Å². The summed E-state index contributed by atoms with van der Waals surface area (Å²) in [7, 11) is 0. The van der Waals surface area contributed by atoms with Gasteiger partial charge in [0.05, 0.1) is 10.0 Å². The maximum atomic E-state index is 10.7. The molecule has 1 aromatic heterocycles. The number of hydrogen-bond donors (Lipinski definition) is 2. The number of nitrogen functional groups attached to an aromatic ring is 1. The molecule has 0 aliphatic carbocycles. The quantitative estimate of drug-likeness (QED) is 0.739. The largest absolute Gasteiger partial charge is 0.475 e. The van der Waals surface area contributed by atoms with E-state index in [1.165, 1.54) is 4.57 Å². The number of anilines is 1. The number of benzene rings is 1. The molecule has 0 fully saturated rings. The summed E-state index contributed by atoms with van der Waals surface area (Å²) in [5.74, 6) is -1.42. The molecule has 0 saturated carbocycles. The highest BCUT2D eigenvalue weighted by molar-refractivity contribution is 6.42. The highest BCUT2D eigenvalue weighted by atomic mass is 35.5. The number of nitrogens with two attached hydrogens (primary N) is 1. The van der Waals surface area contributed by atoms with Crippen molar-refractivity contribution in [2.24, 2.45) is 0 Å². The number of halogens is 4. The fraction of sp³-hybridized carbons (Fsp3) is 0.231. The van der Waals surface area contributed by atoms with Crippen LogP contribution in [0.1, 0.15) is 17.5 Å². The van der Waals surface area contributed by atoms with Crippen LogP contribution in [0.15, 0.2) is 18.2 Å². The van der Waals surface area contributed by atoms with Crippen LogP contribution in [-0.4, -0.2) is 27.2 Å². The minimum atomic E-state index is -1.20. The fourth-order valence-corrected chi connectivity index (χ4v) is 2.04. The Kier molecular flexibility index (Phi) is 7.94. The van der Waals surface area contributed by atoms with E-state index < -0.39 is 5.97 Å². The number of ether oxygens (including phenoxy) is 1. The van der Waals surface area contributed by atoms with Crippen LogP contribution in [0.2, 0.25) is 20.4 Å². The van der Waals surface area contributed by atoms with Gasteiger partial charge in [-0.05, 0) is 25.1 Å². The fourth-order valence-electron chi connectivity index (χ4n) is 1.38. The summed E-state index contributed by atoms with van der Waals surface area (Å²) in [6.07, 6.45) is 0. The third-order valence-electron chi connectivity index (χ3n) is 2.43. The maximum Gasteiger partial charge on any atom is 0.372 e. The number of carboxylic acids is 1. The average Bonchev–Trinajstić information content (AvgIpc) is 2.78. The minimum Gasteiger partial charge on any atom is -0.475 e. The Bertz CT molecular complexity index is 691. The van der Waals surface area contributed by atoms with E-state index in [-0.39, 0.29) is 22.9 Å². The molecule has 1 heterocycles. The van der Waals surface area contributed by atoms with Gasteiger partial charge in [0.15, 0.2) is 5.15 Å². The van der Waals surface area contributed by atoms with Crippen molar-refractivity contribution >= 4 is 58.1 Å². The van der Waals surface area contributed by atoms with E-state index in [4.69, 9.17) is 62.0 Å². The Morgan fingerprint density at radius 1 is 1.30 bits per heavy atom. The second-order valence-corrected chi connectivity index (χ2v) is 5.58. The van der Waals surface area contributed by atoms with Crippen LogP contribution in [0.25, 0.3) is 0 Å². The van der Waals surface area contributed by atoms with E-state index in [9.17, 15) is 4.79 Å². The van der Waals surface area contributed by atoms with Gasteiger partial charge in [-0.15, -0.1) is 0 Å². The summed E-state index contributed by atoms with van der Waals surface area (Å²) in [4.78, 5) is 14.3. The van der Waals surface area contributed by atoms with Crippen LogP contribution in [0.5, 0.6) is 0 Å². The molecule has 0 aliphatic rings. The molecule has 2 aromatic rings. The number of hydrogen-bond acceptors (Lipinski definition) is 4. The molecule has 6 nitrogen and oxygen atoms in total. The predicted molar refractivity (Wildman–Crippen MR) is 91.7 cm³/mol. The maximum absolute atomic E-state index is 10.7. The summed E-state index contributed by atoms with van der Waals surface area (Å²) >= 11 is 22.5. The lowest BCUT2D eigenvalue weighted by Gasteiger charge is -2.05. The molecule has 0 atom stereocenters. The van der Waals surface area contributed by atoms with Gasteiger partial charge in [-0.25, -0.2) is 9.78 Å². The van der Waals surface area contributed by atoms with E-state index in [0.29, 0.717) is 22.3 Å². The Balaban J connectivity index is 0.000000253. The standard InChI is InChI=1S/C7H8Cl2N2O3.C6H5Cl2N/c1-2-14-3-11-5(9)4(8)10-6(11)7(12)13;7-5-2-1-4(9)3-6(5)8/h2-3H2,1H3,(H,12,13);1-3H,9H2. The lowest BCUT2D eigenvalue weighted by Crippen LogP contribution is -2.11. The van der Waals surface area contributed by atoms with Crippen molar-refractivity contribution in [2.75, 3.05) is 12.3 Å². The normalized spacial score (nSPS) is 10.1. The summed E-state index contributed by atoms with van der Waals surface area (Å²) < 4.78 is 6.21. The van der Waals surface area contributed by atoms with Crippen LogP contribution in [0.4, 0.5) is 5.69 Å². The highest BCUT2D eigenvalue weighted by Crippen LogP contribution is 2.23. The summed E-state index contributed by atoms with van der Waals surface area (Å²) in [5, 5.41) is 9.81. The average molecular weight is 401 g/mol. The molecule has 0 radical (unpaired) electrons. The SMILES string of the molecule is CCOCn1c(C(=O)O)nc(Cl)c1Cl.Nc1ccc(Cl)c(Cl)c1. The lowest BCUT2D eigenvalue weighted by atomic mass is 10.3. The number of aromatic nitrogens is 2. The van der Waals surface area contributed by atoms with Crippen molar-refractivity contribution in [2.45, 2.75) is 13.7 Å². The third-order valence-corrected chi connectivity index (χ3v) is 3.91. The highest BCUT2D eigenvalue weighted by Gasteiger charge is 2.19. The molecule has 126 valence electrons. The minimum absolute atomic E-state index is 0.0245. The summed E-state index contributed by atoms with van der Waals surface area (Å²) in [6.45, 7) is 2.26. The van der Waals surface area contributed by atoms with Gasteiger partial charge in [0.25, 0.3) is 0 Å². The number of imidazole rings is 1. The molecule has 23 heavy (non-hydrogen) atoms. The van der Waals surface area contributed by atoms with Gasteiger partial charge < -0.3 is 15.6 Å². The second kappa shape index (κ2) is 9.20. The van der Waals surface area contributed by atoms with E-state index >= 15 is 0 Å². The third kappa shape index (κ3) is 5.75. The van der Waals surface area contributed by atoms with E-state index in [0.717, 1.165) is 0 Å². The number of carboxylic acid groups (broad SMARTS) is 1. The van der Waals surface area contributed by atoms with Crippen molar-refractivity contribution < 1.29 is 14.6 Å². The Labute approximate surface area is 152 Å². The molecule has 0 aliphatic heterocycles. The Morgan fingerprint density at radius 3 is 2.43 bits per heavy atom.